The molecule has 0 spiro atoms. The van der Waals surface area contributed by atoms with Gasteiger partial charge in [-0.2, -0.15) is 0 Å². The molecular formula is C21H27NO4. The number of phenols is 1. The van der Waals surface area contributed by atoms with Crippen LogP contribution in [-0.4, -0.2) is 48.3 Å². The topological polar surface area (TPSA) is 59.0 Å². The highest BCUT2D eigenvalue weighted by Crippen LogP contribution is 2.55. The lowest BCUT2D eigenvalue weighted by Crippen LogP contribution is -2.63. The summed E-state index contributed by atoms with van der Waals surface area (Å²) in [6.45, 7) is 5.24. The zero-order chi connectivity index (χ0) is 17.9. The number of aromatic hydroxyl groups is 1. The summed E-state index contributed by atoms with van der Waals surface area (Å²) in [4.78, 5) is 14.1. The number of ether oxygens (including phenoxy) is 2. The fourth-order valence-electron chi connectivity index (χ4n) is 5.70. The largest absolute Gasteiger partial charge is 0.508 e. The smallest absolute Gasteiger partial charge is 0.308 e. The minimum atomic E-state index is -0.355. The van der Waals surface area contributed by atoms with Gasteiger partial charge in [-0.15, -0.1) is 0 Å². The van der Waals surface area contributed by atoms with Gasteiger partial charge in [-0.05, 0) is 67.7 Å². The molecule has 5 rings (SSSR count). The lowest BCUT2D eigenvalue weighted by molar-refractivity contribution is -0.131. The van der Waals surface area contributed by atoms with Gasteiger partial charge in [0.2, 0.25) is 0 Å². The van der Waals surface area contributed by atoms with Gasteiger partial charge in [0, 0.05) is 37.6 Å². The molecule has 1 aromatic carbocycles. The van der Waals surface area contributed by atoms with Crippen molar-refractivity contribution in [3.63, 3.8) is 0 Å². The van der Waals surface area contributed by atoms with Crippen molar-refractivity contribution in [2.24, 2.45) is 11.8 Å². The summed E-state index contributed by atoms with van der Waals surface area (Å²) < 4.78 is 11.3. The summed E-state index contributed by atoms with van der Waals surface area (Å²) in [6.07, 6.45) is 5.76. The quantitative estimate of drug-likeness (QED) is 0.666. The number of likely N-dealkylation sites (tertiary alicyclic amines) is 1. The van der Waals surface area contributed by atoms with Crippen molar-refractivity contribution in [2.75, 3.05) is 26.3 Å². The van der Waals surface area contributed by atoms with Crippen molar-refractivity contribution in [2.45, 2.75) is 50.5 Å². The lowest BCUT2D eigenvalue weighted by atomic mass is 9.56. The Hall–Kier alpha value is -1.59. The molecule has 3 atom stereocenters. The van der Waals surface area contributed by atoms with E-state index in [-0.39, 0.29) is 17.1 Å². The number of phenolic OH excluding ortho intramolecular Hbond substituents is 1. The molecule has 2 saturated heterocycles. The van der Waals surface area contributed by atoms with Gasteiger partial charge in [-0.25, -0.2) is 0 Å². The second kappa shape index (κ2) is 5.96. The molecule has 1 saturated carbocycles. The van der Waals surface area contributed by atoms with E-state index in [0.29, 0.717) is 24.3 Å². The highest BCUT2D eigenvalue weighted by Gasteiger charge is 2.55. The zero-order valence-electron chi connectivity index (χ0n) is 15.4. The van der Waals surface area contributed by atoms with Gasteiger partial charge in [-0.3, -0.25) is 9.69 Å². The van der Waals surface area contributed by atoms with Gasteiger partial charge in [0.15, 0.2) is 0 Å². The predicted octanol–water partition coefficient (Wildman–Crippen LogP) is 2.63. The maximum absolute atomic E-state index is 11.4. The SMILES string of the molecule is CC(=O)Oc1cc(O)c2c(c1)[C@]13CCN(CC4CC4)[C@H](C2)[C@@H]1CCOC3. The molecule has 0 unspecified atom stereocenters. The molecule has 1 N–H and O–H groups in total. The van der Waals surface area contributed by atoms with Crippen molar-refractivity contribution in [3.8, 4) is 11.5 Å². The molecule has 140 valence electrons. The molecule has 2 aliphatic heterocycles. The van der Waals surface area contributed by atoms with Gasteiger partial charge in [-0.1, -0.05) is 0 Å². The number of nitrogens with zero attached hydrogens (tertiary/aromatic N) is 1. The van der Waals surface area contributed by atoms with Crippen molar-refractivity contribution < 1.29 is 19.4 Å². The molecular weight excluding hydrogens is 330 g/mol. The van der Waals surface area contributed by atoms with E-state index in [4.69, 9.17) is 9.47 Å². The maximum Gasteiger partial charge on any atom is 0.308 e. The summed E-state index contributed by atoms with van der Waals surface area (Å²) >= 11 is 0. The van der Waals surface area contributed by atoms with E-state index >= 15 is 0 Å². The van der Waals surface area contributed by atoms with Crippen LogP contribution in [0.1, 0.15) is 43.7 Å². The fraction of sp³-hybridized carbons (Fsp3) is 0.667. The number of benzene rings is 1. The second-order valence-electron chi connectivity index (χ2n) is 8.63. The van der Waals surface area contributed by atoms with E-state index in [1.54, 1.807) is 6.07 Å². The van der Waals surface area contributed by atoms with Crippen molar-refractivity contribution in [1.82, 2.24) is 4.90 Å². The second-order valence-corrected chi connectivity index (χ2v) is 8.63. The number of carbonyl (C=O) groups excluding carboxylic acids is 1. The molecule has 0 aromatic heterocycles. The number of rotatable bonds is 3. The molecule has 2 bridgehead atoms. The van der Waals surface area contributed by atoms with E-state index < -0.39 is 0 Å². The third kappa shape index (κ3) is 2.55. The van der Waals surface area contributed by atoms with Gasteiger partial charge >= 0.3 is 5.97 Å². The first kappa shape index (κ1) is 16.6. The van der Waals surface area contributed by atoms with Crippen molar-refractivity contribution in [3.05, 3.63) is 23.3 Å². The standard InChI is InChI=1S/C21H27NO4/c1-13(23)26-15-8-18-16(20(24)9-15)10-19-17-4-7-25-12-21(17,18)5-6-22(19)11-14-2-3-14/h8-9,14,17,19,24H,2-7,10-12H2,1H3/t17-,19+,21-/m0/s1. The Morgan fingerprint density at radius 2 is 2.23 bits per heavy atom. The van der Waals surface area contributed by atoms with E-state index in [1.807, 2.05) is 6.07 Å². The van der Waals surface area contributed by atoms with E-state index in [1.165, 1.54) is 26.3 Å². The average Bonchev–Trinajstić information content (AvgIpc) is 3.42. The monoisotopic (exact) mass is 357 g/mol. The van der Waals surface area contributed by atoms with Gasteiger partial charge < -0.3 is 14.6 Å². The molecule has 0 amide bonds. The fourth-order valence-corrected chi connectivity index (χ4v) is 5.70. The molecule has 1 aromatic rings. The number of carbonyl (C=O) groups is 1. The summed E-state index contributed by atoms with van der Waals surface area (Å²) in [6, 6.07) is 4.08. The maximum atomic E-state index is 11.4. The van der Waals surface area contributed by atoms with Crippen LogP contribution in [0.2, 0.25) is 0 Å². The average molecular weight is 357 g/mol. The molecule has 5 nitrogen and oxygen atoms in total. The Kier molecular flexibility index (Phi) is 3.80. The highest BCUT2D eigenvalue weighted by atomic mass is 16.5. The Morgan fingerprint density at radius 3 is 3.00 bits per heavy atom. The summed E-state index contributed by atoms with van der Waals surface area (Å²) in [7, 11) is 0. The Balaban J connectivity index is 1.58. The third-order valence-electron chi connectivity index (χ3n) is 7.02. The zero-order valence-corrected chi connectivity index (χ0v) is 15.4. The van der Waals surface area contributed by atoms with Crippen LogP contribution in [0, 0.1) is 11.8 Å². The van der Waals surface area contributed by atoms with Crippen LogP contribution >= 0.6 is 0 Å². The number of esters is 1. The van der Waals surface area contributed by atoms with Crippen molar-refractivity contribution >= 4 is 5.97 Å². The normalized spacial score (nSPS) is 33.3. The first-order chi connectivity index (χ1) is 12.6. The third-order valence-corrected chi connectivity index (χ3v) is 7.02. The molecule has 3 fully saturated rings. The minimum absolute atomic E-state index is 0.0514. The number of fused-ring (bicyclic) bond motifs is 1. The highest BCUT2D eigenvalue weighted by molar-refractivity contribution is 5.70. The Morgan fingerprint density at radius 1 is 1.38 bits per heavy atom. The first-order valence-electron chi connectivity index (χ1n) is 9.93. The van der Waals surface area contributed by atoms with Crippen LogP contribution in [0.3, 0.4) is 0 Å². The van der Waals surface area contributed by atoms with Gasteiger partial charge in [0.05, 0.1) is 6.61 Å². The Bertz CT molecular complexity index is 744. The van der Waals surface area contributed by atoms with E-state index in [0.717, 1.165) is 49.5 Å². The van der Waals surface area contributed by atoms with Crippen LogP contribution in [0.25, 0.3) is 0 Å². The molecule has 2 heterocycles. The lowest BCUT2D eigenvalue weighted by Gasteiger charge is -2.58. The van der Waals surface area contributed by atoms with Crippen LogP contribution in [0.4, 0.5) is 0 Å². The number of hydrogen-bond donors (Lipinski definition) is 1. The van der Waals surface area contributed by atoms with Crippen LogP contribution in [-0.2, 0) is 21.4 Å². The van der Waals surface area contributed by atoms with E-state index in [2.05, 4.69) is 4.90 Å². The van der Waals surface area contributed by atoms with Crippen LogP contribution in [0.5, 0.6) is 11.5 Å². The molecule has 0 radical (unpaired) electrons. The molecule has 4 aliphatic rings. The summed E-state index contributed by atoms with van der Waals surface area (Å²) in [5.74, 6) is 1.80. The van der Waals surface area contributed by atoms with Crippen molar-refractivity contribution in [1.29, 1.82) is 0 Å². The van der Waals surface area contributed by atoms with Crippen LogP contribution in [0.15, 0.2) is 12.1 Å². The predicted molar refractivity (Wildman–Crippen MR) is 96.4 cm³/mol. The number of piperidine rings is 1. The molecule has 2 aliphatic carbocycles. The molecule has 5 heteroatoms. The van der Waals surface area contributed by atoms with E-state index in [9.17, 15) is 9.90 Å². The minimum Gasteiger partial charge on any atom is -0.508 e. The molecule has 26 heavy (non-hydrogen) atoms. The number of hydrogen-bond acceptors (Lipinski definition) is 5. The summed E-state index contributed by atoms with van der Waals surface area (Å²) in [5, 5.41) is 10.7. The first-order valence-corrected chi connectivity index (χ1v) is 9.93. The van der Waals surface area contributed by atoms with Gasteiger partial charge in [0.1, 0.15) is 11.5 Å². The summed E-state index contributed by atoms with van der Waals surface area (Å²) in [5.41, 5.74) is 2.14. The Labute approximate surface area is 154 Å². The van der Waals surface area contributed by atoms with Crippen LogP contribution < -0.4 is 4.74 Å². The van der Waals surface area contributed by atoms with Gasteiger partial charge in [0.25, 0.3) is 0 Å².